The van der Waals surface area contributed by atoms with Crippen molar-refractivity contribution in [1.29, 1.82) is 0 Å². The van der Waals surface area contributed by atoms with E-state index < -0.39 is 114 Å². The Morgan fingerprint density at radius 1 is 1.11 bits per heavy atom. The van der Waals surface area contributed by atoms with Crippen LogP contribution < -0.4 is 10.5 Å². The van der Waals surface area contributed by atoms with E-state index >= 15 is 4.39 Å². The molecule has 250 valence electrons. The summed E-state index contributed by atoms with van der Waals surface area (Å²) in [4.78, 5) is 52.5. The molecule has 0 spiro atoms. The topological polar surface area (TPSA) is 232 Å². The van der Waals surface area contributed by atoms with Gasteiger partial charge in [0.2, 0.25) is 11.6 Å². The standard InChI is InChI=1S/C30H32FNO13.ClH/c1-10(32)28(40)43-9-16(33)30(41)7-13-18(15(8-30)45-29-21(31)27(39)22(34)11(2)44-29)26(38)20-19(24(13)36)23(35)12-5-4-6-14(42-3)17(12)25(20)37;/h4-6,10-11,15,21-22,27,29,34,36,38-39,41H,7-9,32H2,1-3H3;1H/t10-,11-,15-,21+,22+,27-,29-,30-;/m0./s1. The van der Waals surface area contributed by atoms with Crippen molar-refractivity contribution < 1.29 is 68.0 Å². The Hall–Kier alpha value is -3.70. The van der Waals surface area contributed by atoms with Crippen molar-refractivity contribution in [2.24, 2.45) is 5.73 Å². The molecular weight excluding hydrogens is 637 g/mol. The number of esters is 1. The fourth-order valence-corrected chi connectivity index (χ4v) is 5.91. The number of rotatable bonds is 7. The third kappa shape index (κ3) is 5.61. The van der Waals surface area contributed by atoms with Gasteiger partial charge in [0, 0.05) is 29.5 Å². The molecule has 0 saturated carbocycles. The average molecular weight is 670 g/mol. The first-order valence-corrected chi connectivity index (χ1v) is 14.0. The number of ketones is 3. The smallest absolute Gasteiger partial charge is 0.323 e. The van der Waals surface area contributed by atoms with Crippen LogP contribution in [0.5, 0.6) is 17.2 Å². The van der Waals surface area contributed by atoms with Gasteiger partial charge in [0.25, 0.3) is 0 Å². The van der Waals surface area contributed by atoms with E-state index in [9.17, 15) is 44.7 Å². The zero-order valence-corrected chi connectivity index (χ0v) is 25.6. The normalized spacial score (nSPS) is 29.0. The molecule has 0 bridgehead atoms. The summed E-state index contributed by atoms with van der Waals surface area (Å²) in [7, 11) is 1.27. The molecule has 5 rings (SSSR count). The second kappa shape index (κ2) is 12.8. The largest absolute Gasteiger partial charge is 0.507 e. The number of phenols is 2. The maximum Gasteiger partial charge on any atom is 0.323 e. The number of nitrogens with two attached hydrogens (primary N) is 1. The summed E-state index contributed by atoms with van der Waals surface area (Å²) in [5.74, 6) is -5.51. The second-order valence-corrected chi connectivity index (χ2v) is 11.4. The molecular formula is C30H33ClFNO13. The summed E-state index contributed by atoms with van der Waals surface area (Å²) in [6, 6.07) is 3.08. The highest BCUT2D eigenvalue weighted by molar-refractivity contribution is 6.31. The Morgan fingerprint density at radius 3 is 2.39 bits per heavy atom. The second-order valence-electron chi connectivity index (χ2n) is 11.4. The van der Waals surface area contributed by atoms with E-state index in [0.29, 0.717) is 0 Å². The number of phenolic OH excluding ortho intramolecular Hbond substituents is 2. The SMILES string of the molecule is COc1cccc2c1C(=O)c1c(O)c3c(c(O)c1C2=O)C[C@@](O)(C(=O)COC(=O)[C@H](C)N)C[C@@H]3O[C@@H]1O[C@@H](C)[C@@H](O)[C@@H](O)[C@H]1F.Cl. The number of ether oxygens (including phenoxy) is 4. The van der Waals surface area contributed by atoms with Crippen LogP contribution in [0.15, 0.2) is 18.2 Å². The van der Waals surface area contributed by atoms with Crippen molar-refractivity contribution in [2.45, 2.75) is 75.2 Å². The first-order valence-electron chi connectivity index (χ1n) is 14.0. The number of halogens is 2. The third-order valence-electron chi connectivity index (χ3n) is 8.38. The fourth-order valence-electron chi connectivity index (χ4n) is 5.91. The van der Waals surface area contributed by atoms with Crippen LogP contribution in [0.1, 0.15) is 69.3 Å². The van der Waals surface area contributed by atoms with Crippen LogP contribution in [0.25, 0.3) is 0 Å². The van der Waals surface area contributed by atoms with Gasteiger partial charge >= 0.3 is 5.97 Å². The number of aromatic hydroxyl groups is 2. The number of carbonyl (C=O) groups excluding carboxylic acids is 4. The zero-order valence-electron chi connectivity index (χ0n) is 24.8. The molecule has 16 heteroatoms. The van der Waals surface area contributed by atoms with Crippen LogP contribution in [-0.2, 0) is 30.2 Å². The van der Waals surface area contributed by atoms with Crippen LogP contribution in [0.3, 0.4) is 0 Å². The number of hydrogen-bond acceptors (Lipinski definition) is 14. The summed E-state index contributed by atoms with van der Waals surface area (Å²) in [6.45, 7) is 1.67. The van der Waals surface area contributed by atoms with E-state index in [1.165, 1.54) is 39.2 Å². The van der Waals surface area contributed by atoms with E-state index in [4.69, 9.17) is 24.7 Å². The van der Waals surface area contributed by atoms with Gasteiger partial charge in [-0.05, 0) is 19.9 Å². The van der Waals surface area contributed by atoms with E-state index in [0.717, 1.165) is 0 Å². The summed E-state index contributed by atoms with van der Waals surface area (Å²) in [5, 5.41) is 54.8. The Balaban J connectivity index is 0.00000480. The van der Waals surface area contributed by atoms with Gasteiger partial charge in [-0.1, -0.05) is 12.1 Å². The van der Waals surface area contributed by atoms with E-state index in [2.05, 4.69) is 0 Å². The molecule has 1 fully saturated rings. The molecule has 14 nitrogen and oxygen atoms in total. The number of carbonyl (C=O) groups is 4. The molecule has 1 saturated heterocycles. The minimum Gasteiger partial charge on any atom is -0.507 e. The maximum atomic E-state index is 15.2. The van der Waals surface area contributed by atoms with Gasteiger partial charge in [-0.25, -0.2) is 4.39 Å². The minimum absolute atomic E-state index is 0. The van der Waals surface area contributed by atoms with Gasteiger partial charge in [-0.2, -0.15) is 0 Å². The summed E-state index contributed by atoms with van der Waals surface area (Å²) in [6.07, 6.45) is -12.2. The molecule has 2 aromatic rings. The number of methoxy groups -OCH3 is 1. The monoisotopic (exact) mass is 669 g/mol. The summed E-state index contributed by atoms with van der Waals surface area (Å²) < 4.78 is 36.4. The van der Waals surface area contributed by atoms with Gasteiger partial charge in [0.1, 0.15) is 41.1 Å². The lowest BCUT2D eigenvalue weighted by Crippen LogP contribution is -2.56. The van der Waals surface area contributed by atoms with Gasteiger partial charge in [0.15, 0.2) is 24.9 Å². The van der Waals surface area contributed by atoms with Crippen LogP contribution >= 0.6 is 12.4 Å². The molecule has 0 unspecified atom stereocenters. The third-order valence-corrected chi connectivity index (χ3v) is 8.38. The van der Waals surface area contributed by atoms with E-state index in [1.54, 1.807) is 0 Å². The molecule has 0 amide bonds. The minimum atomic E-state index is -2.50. The first-order chi connectivity index (χ1) is 21.1. The quantitative estimate of drug-likeness (QED) is 0.147. The molecule has 8 atom stereocenters. The number of aliphatic hydroxyl groups excluding tert-OH is 2. The molecule has 0 aromatic heterocycles. The zero-order chi connectivity index (χ0) is 33.1. The Kier molecular flexibility index (Phi) is 9.81. The first kappa shape index (κ1) is 35.2. The molecule has 2 aromatic carbocycles. The van der Waals surface area contributed by atoms with Crippen LogP contribution in [0.4, 0.5) is 4.39 Å². The number of fused-ring (bicyclic) bond motifs is 3. The number of aliphatic hydroxyl groups is 3. The van der Waals surface area contributed by atoms with Crippen molar-refractivity contribution in [1.82, 2.24) is 0 Å². The predicted octanol–water partition coefficient (Wildman–Crippen LogP) is 0.303. The number of benzene rings is 2. The molecule has 1 heterocycles. The van der Waals surface area contributed by atoms with Crippen molar-refractivity contribution in [3.63, 3.8) is 0 Å². The summed E-state index contributed by atoms with van der Waals surface area (Å²) >= 11 is 0. The number of Topliss-reactive ketones (excluding diaryl/α,β-unsaturated/α-hetero) is 1. The van der Waals surface area contributed by atoms with Crippen molar-refractivity contribution in [2.75, 3.05) is 13.7 Å². The molecule has 7 N–H and O–H groups in total. The van der Waals surface area contributed by atoms with Gasteiger partial charge in [-0.3, -0.25) is 19.2 Å². The highest BCUT2D eigenvalue weighted by Gasteiger charge is 2.52. The van der Waals surface area contributed by atoms with Gasteiger partial charge in [0.05, 0.1) is 36.0 Å². The number of hydrogen-bond donors (Lipinski definition) is 6. The predicted molar refractivity (Wildman–Crippen MR) is 155 cm³/mol. The lowest BCUT2D eigenvalue weighted by molar-refractivity contribution is -0.294. The van der Waals surface area contributed by atoms with Crippen LogP contribution in [0.2, 0.25) is 0 Å². The van der Waals surface area contributed by atoms with Crippen molar-refractivity contribution >= 4 is 35.7 Å². The Labute approximate surface area is 267 Å². The van der Waals surface area contributed by atoms with E-state index in [-0.39, 0.29) is 40.4 Å². The van der Waals surface area contributed by atoms with Gasteiger partial charge < -0.3 is 50.2 Å². The van der Waals surface area contributed by atoms with Gasteiger partial charge in [-0.15, -0.1) is 12.4 Å². The van der Waals surface area contributed by atoms with Crippen LogP contribution in [-0.4, -0.2) is 105 Å². The molecule has 0 radical (unpaired) electrons. The Bertz CT molecular complexity index is 1600. The lowest BCUT2D eigenvalue weighted by atomic mass is 9.72. The maximum absolute atomic E-state index is 15.2. The molecule has 3 aliphatic rings. The average Bonchev–Trinajstić information content (AvgIpc) is 3.00. The van der Waals surface area contributed by atoms with Crippen LogP contribution in [0, 0.1) is 0 Å². The Morgan fingerprint density at radius 2 is 1.76 bits per heavy atom. The molecule has 46 heavy (non-hydrogen) atoms. The van der Waals surface area contributed by atoms with Crippen molar-refractivity contribution in [3.8, 4) is 17.2 Å². The molecule has 1 aliphatic heterocycles. The van der Waals surface area contributed by atoms with E-state index in [1.807, 2.05) is 0 Å². The highest BCUT2D eigenvalue weighted by Crippen LogP contribution is 2.52. The highest BCUT2D eigenvalue weighted by atomic mass is 35.5. The summed E-state index contributed by atoms with van der Waals surface area (Å²) in [5.41, 5.74) is 0.661. The van der Waals surface area contributed by atoms with Crippen molar-refractivity contribution in [3.05, 3.63) is 51.6 Å². The molecule has 2 aliphatic carbocycles. The number of alkyl halides is 1. The fraction of sp³-hybridized carbons (Fsp3) is 0.467. The lowest BCUT2D eigenvalue weighted by Gasteiger charge is -2.43.